The molecule has 0 unspecified atom stereocenters. The van der Waals surface area contributed by atoms with Crippen molar-refractivity contribution >= 4 is 11.6 Å². The predicted octanol–water partition coefficient (Wildman–Crippen LogP) is 1.80. The minimum absolute atomic E-state index is 0.493. The van der Waals surface area contributed by atoms with Crippen LogP contribution in [0, 0.1) is 6.92 Å². The zero-order valence-corrected chi connectivity index (χ0v) is 11.5. The summed E-state index contributed by atoms with van der Waals surface area (Å²) in [6.45, 7) is 3.39. The van der Waals surface area contributed by atoms with Crippen molar-refractivity contribution < 1.29 is 0 Å². The van der Waals surface area contributed by atoms with Gasteiger partial charge < -0.3 is 0 Å². The summed E-state index contributed by atoms with van der Waals surface area (Å²) < 4.78 is 1.79. The molecule has 0 aliphatic heterocycles. The maximum Gasteiger partial charge on any atom is 0.144 e. The first-order valence-corrected chi connectivity index (χ1v) is 6.07. The zero-order valence-electron chi connectivity index (χ0n) is 10.8. The lowest BCUT2D eigenvalue weighted by molar-refractivity contribution is 0.310. The third kappa shape index (κ3) is 3.51. The number of hydrogen-bond donors (Lipinski definition) is 0. The Kier molecular flexibility index (Phi) is 3.93. The molecule has 0 amide bonds. The largest absolute Gasteiger partial charge is 0.295 e. The summed E-state index contributed by atoms with van der Waals surface area (Å²) in [4.78, 5) is 10.7. The summed E-state index contributed by atoms with van der Waals surface area (Å²) in [7, 11) is 3.93. The van der Waals surface area contributed by atoms with Crippen LogP contribution in [0.15, 0.2) is 18.5 Å². The lowest BCUT2D eigenvalue weighted by Crippen LogP contribution is -2.19. The topological polar surface area (TPSA) is 46.8 Å². The minimum Gasteiger partial charge on any atom is -0.295 e. The highest BCUT2D eigenvalue weighted by Gasteiger charge is 2.06. The summed E-state index contributed by atoms with van der Waals surface area (Å²) in [5.41, 5.74) is 2.05. The first kappa shape index (κ1) is 13.0. The molecule has 0 aliphatic carbocycles. The molecule has 0 saturated heterocycles. The Morgan fingerprint density at radius 2 is 2.11 bits per heavy atom. The molecule has 96 valence electrons. The Morgan fingerprint density at radius 3 is 2.72 bits per heavy atom. The van der Waals surface area contributed by atoms with Crippen LogP contribution in [0.2, 0.25) is 5.15 Å². The van der Waals surface area contributed by atoms with Crippen molar-refractivity contribution in [1.29, 1.82) is 0 Å². The van der Waals surface area contributed by atoms with Gasteiger partial charge in [0.05, 0.1) is 12.7 Å². The SMILES string of the molecule is Cc1cc(Cl)nc(CN(C)Cc2cnn(C)c2)n1. The Morgan fingerprint density at radius 1 is 1.33 bits per heavy atom. The third-order valence-electron chi connectivity index (χ3n) is 2.49. The highest BCUT2D eigenvalue weighted by atomic mass is 35.5. The van der Waals surface area contributed by atoms with E-state index in [4.69, 9.17) is 11.6 Å². The molecule has 0 bridgehead atoms. The quantitative estimate of drug-likeness (QED) is 0.791. The predicted molar refractivity (Wildman–Crippen MR) is 70.2 cm³/mol. The van der Waals surface area contributed by atoms with Crippen LogP contribution < -0.4 is 0 Å². The molecule has 2 rings (SSSR count). The van der Waals surface area contributed by atoms with Crippen molar-refractivity contribution in [1.82, 2.24) is 24.6 Å². The van der Waals surface area contributed by atoms with E-state index in [1.54, 1.807) is 10.7 Å². The van der Waals surface area contributed by atoms with E-state index < -0.39 is 0 Å². The van der Waals surface area contributed by atoms with Gasteiger partial charge in [-0.1, -0.05) is 11.6 Å². The number of halogens is 1. The van der Waals surface area contributed by atoms with Crippen molar-refractivity contribution in [3.63, 3.8) is 0 Å². The molecular weight excluding hydrogens is 250 g/mol. The Labute approximate surface area is 111 Å². The fraction of sp³-hybridized carbons (Fsp3) is 0.417. The van der Waals surface area contributed by atoms with E-state index in [2.05, 4.69) is 20.0 Å². The molecule has 5 nitrogen and oxygen atoms in total. The van der Waals surface area contributed by atoms with Gasteiger partial charge in [-0.05, 0) is 20.0 Å². The summed E-state index contributed by atoms with van der Waals surface area (Å²) >= 11 is 5.91. The van der Waals surface area contributed by atoms with Gasteiger partial charge in [-0.15, -0.1) is 0 Å². The summed E-state index contributed by atoms with van der Waals surface area (Å²) in [5, 5.41) is 4.64. The molecule has 0 fully saturated rings. The molecule has 0 atom stereocenters. The van der Waals surface area contributed by atoms with Gasteiger partial charge in [-0.3, -0.25) is 9.58 Å². The van der Waals surface area contributed by atoms with Gasteiger partial charge in [-0.2, -0.15) is 5.10 Å². The summed E-state index contributed by atoms with van der Waals surface area (Å²) in [6.07, 6.45) is 3.86. The van der Waals surface area contributed by atoms with E-state index in [9.17, 15) is 0 Å². The molecule has 0 aromatic carbocycles. The Hall–Kier alpha value is -1.46. The molecule has 18 heavy (non-hydrogen) atoms. The molecule has 0 N–H and O–H groups in total. The first-order valence-electron chi connectivity index (χ1n) is 5.69. The van der Waals surface area contributed by atoms with Crippen molar-refractivity contribution in [2.24, 2.45) is 7.05 Å². The maximum atomic E-state index is 5.91. The van der Waals surface area contributed by atoms with Gasteiger partial charge in [0.2, 0.25) is 0 Å². The molecule has 2 heterocycles. The lowest BCUT2D eigenvalue weighted by Gasteiger charge is -2.14. The second kappa shape index (κ2) is 5.46. The molecule has 0 saturated carbocycles. The van der Waals surface area contributed by atoms with Crippen molar-refractivity contribution in [3.05, 3.63) is 40.7 Å². The fourth-order valence-corrected chi connectivity index (χ4v) is 2.08. The Bertz CT molecular complexity index is 517. The van der Waals surface area contributed by atoms with E-state index >= 15 is 0 Å². The van der Waals surface area contributed by atoms with E-state index in [0.717, 1.165) is 18.1 Å². The average Bonchev–Trinajstić information content (AvgIpc) is 2.61. The van der Waals surface area contributed by atoms with Crippen LogP contribution in [0.5, 0.6) is 0 Å². The number of rotatable bonds is 4. The molecule has 2 aromatic rings. The maximum absolute atomic E-state index is 5.91. The van der Waals surface area contributed by atoms with Crippen LogP contribution in [-0.2, 0) is 20.1 Å². The van der Waals surface area contributed by atoms with Gasteiger partial charge in [0.25, 0.3) is 0 Å². The number of hydrogen-bond acceptors (Lipinski definition) is 4. The average molecular weight is 266 g/mol. The number of nitrogens with zero attached hydrogens (tertiary/aromatic N) is 5. The van der Waals surface area contributed by atoms with Crippen LogP contribution in [0.25, 0.3) is 0 Å². The van der Waals surface area contributed by atoms with Crippen molar-refractivity contribution in [2.75, 3.05) is 7.05 Å². The normalized spacial score (nSPS) is 11.2. The third-order valence-corrected chi connectivity index (χ3v) is 2.69. The van der Waals surface area contributed by atoms with Gasteiger partial charge in [-0.25, -0.2) is 9.97 Å². The minimum atomic E-state index is 0.493. The van der Waals surface area contributed by atoms with E-state index in [1.807, 2.05) is 33.4 Å². The van der Waals surface area contributed by atoms with Gasteiger partial charge >= 0.3 is 0 Å². The highest BCUT2D eigenvalue weighted by molar-refractivity contribution is 6.29. The Balaban J connectivity index is 2.00. The molecule has 6 heteroatoms. The molecule has 0 aliphatic rings. The van der Waals surface area contributed by atoms with Crippen LogP contribution in [-0.4, -0.2) is 31.7 Å². The van der Waals surface area contributed by atoms with Crippen molar-refractivity contribution in [3.8, 4) is 0 Å². The summed E-state index contributed by atoms with van der Waals surface area (Å²) in [6, 6.07) is 1.76. The van der Waals surface area contributed by atoms with Crippen LogP contribution in [0.3, 0.4) is 0 Å². The highest BCUT2D eigenvalue weighted by Crippen LogP contribution is 2.09. The van der Waals surface area contributed by atoms with Crippen LogP contribution in [0.4, 0.5) is 0 Å². The molecule has 0 radical (unpaired) electrons. The zero-order chi connectivity index (χ0) is 13.1. The van der Waals surface area contributed by atoms with Crippen molar-refractivity contribution in [2.45, 2.75) is 20.0 Å². The van der Waals surface area contributed by atoms with Gasteiger partial charge in [0.15, 0.2) is 0 Å². The van der Waals surface area contributed by atoms with E-state index in [0.29, 0.717) is 11.7 Å². The molecule has 2 aromatic heterocycles. The smallest absolute Gasteiger partial charge is 0.144 e. The standard InChI is InChI=1S/C12H16ClN5/c1-9-4-11(13)16-12(15-9)8-17(2)6-10-5-14-18(3)7-10/h4-5,7H,6,8H2,1-3H3. The number of aromatic nitrogens is 4. The van der Waals surface area contributed by atoms with E-state index in [-0.39, 0.29) is 0 Å². The lowest BCUT2D eigenvalue weighted by atomic mass is 10.3. The second-order valence-electron chi connectivity index (χ2n) is 4.44. The fourth-order valence-electron chi connectivity index (χ4n) is 1.82. The molecular formula is C12H16ClN5. The van der Waals surface area contributed by atoms with Gasteiger partial charge in [0, 0.05) is 31.0 Å². The summed E-state index contributed by atoms with van der Waals surface area (Å²) in [5.74, 6) is 0.742. The number of aryl methyl sites for hydroxylation is 2. The molecule has 0 spiro atoms. The van der Waals surface area contributed by atoms with Gasteiger partial charge in [0.1, 0.15) is 11.0 Å². The van der Waals surface area contributed by atoms with Crippen LogP contribution >= 0.6 is 11.6 Å². The van der Waals surface area contributed by atoms with Crippen LogP contribution in [0.1, 0.15) is 17.1 Å². The monoisotopic (exact) mass is 265 g/mol. The van der Waals surface area contributed by atoms with E-state index in [1.165, 1.54) is 5.56 Å². The second-order valence-corrected chi connectivity index (χ2v) is 4.83. The first-order chi connectivity index (χ1) is 8.52.